The van der Waals surface area contributed by atoms with E-state index in [4.69, 9.17) is 13.9 Å². The Labute approximate surface area is 176 Å². The van der Waals surface area contributed by atoms with Crippen LogP contribution in [0.25, 0.3) is 11.0 Å². The van der Waals surface area contributed by atoms with E-state index in [1.165, 1.54) is 14.2 Å². The normalized spacial score (nSPS) is 15.3. The molecule has 2 N–H and O–H groups in total. The van der Waals surface area contributed by atoms with Crippen LogP contribution in [0.1, 0.15) is 11.1 Å². The second-order valence-corrected chi connectivity index (χ2v) is 6.74. The Kier molecular flexibility index (Phi) is 5.88. The lowest BCUT2D eigenvalue weighted by Crippen LogP contribution is -2.34. The molecular formula is C20H20F3N5O3. The molecule has 31 heavy (non-hydrogen) atoms. The zero-order chi connectivity index (χ0) is 22.0. The van der Waals surface area contributed by atoms with E-state index in [2.05, 4.69) is 27.1 Å². The first-order chi connectivity index (χ1) is 14.9. The van der Waals surface area contributed by atoms with Crippen LogP contribution in [0.2, 0.25) is 0 Å². The van der Waals surface area contributed by atoms with E-state index in [0.717, 1.165) is 30.2 Å². The predicted molar refractivity (Wildman–Crippen MR) is 107 cm³/mol. The molecule has 3 aromatic rings. The summed E-state index contributed by atoms with van der Waals surface area (Å²) in [5.74, 6) is 0.0988. The SMILES string of the molecule is CNc1nc(Nc2cc3occ([C]N4CCOCC4)c3cc2OC)ncc1C(F)(F)F. The fourth-order valence-corrected chi connectivity index (χ4v) is 3.21. The number of hydrogen-bond donors (Lipinski definition) is 2. The van der Waals surface area contributed by atoms with Crippen LogP contribution in [0.4, 0.5) is 30.6 Å². The van der Waals surface area contributed by atoms with E-state index in [9.17, 15) is 13.2 Å². The molecule has 0 saturated carbocycles. The minimum Gasteiger partial charge on any atom is -0.495 e. The minimum absolute atomic E-state index is 0.0202. The molecule has 11 heteroatoms. The lowest BCUT2D eigenvalue weighted by molar-refractivity contribution is -0.137. The minimum atomic E-state index is -4.56. The standard InChI is InChI=1S/C20H20F3N5O3/c1-24-18-14(20(21,22)23)9-25-19(27-18)26-15-8-16-13(7-17(15)29-2)12(11-31-16)10-28-3-5-30-6-4-28/h7-9,11H,3-6H2,1-2H3,(H2,24,25,26,27). The van der Waals surface area contributed by atoms with Crippen LogP contribution < -0.4 is 15.4 Å². The fraction of sp³-hybridized carbons (Fsp3) is 0.350. The number of alkyl halides is 3. The van der Waals surface area contributed by atoms with Crippen molar-refractivity contribution >= 4 is 28.4 Å². The van der Waals surface area contributed by atoms with Gasteiger partial charge in [-0.2, -0.15) is 18.2 Å². The van der Waals surface area contributed by atoms with Crippen LogP contribution >= 0.6 is 0 Å². The number of methoxy groups -OCH3 is 1. The summed E-state index contributed by atoms with van der Waals surface area (Å²) >= 11 is 0. The summed E-state index contributed by atoms with van der Waals surface area (Å²) in [6.07, 6.45) is -2.24. The summed E-state index contributed by atoms with van der Waals surface area (Å²) in [4.78, 5) is 9.74. The molecule has 1 aliphatic rings. The Morgan fingerprint density at radius 1 is 1.23 bits per heavy atom. The predicted octanol–water partition coefficient (Wildman–Crippen LogP) is 3.75. The van der Waals surface area contributed by atoms with E-state index in [0.29, 0.717) is 30.2 Å². The maximum Gasteiger partial charge on any atom is 0.421 e. The average molecular weight is 435 g/mol. The van der Waals surface area contributed by atoms with Crippen molar-refractivity contribution in [2.75, 3.05) is 51.1 Å². The molecule has 3 heterocycles. The second kappa shape index (κ2) is 8.60. The number of ether oxygens (including phenoxy) is 2. The van der Waals surface area contributed by atoms with Crippen LogP contribution in [-0.4, -0.2) is 55.3 Å². The molecular weight excluding hydrogens is 415 g/mol. The van der Waals surface area contributed by atoms with Crippen LogP contribution in [0, 0.1) is 6.54 Å². The summed E-state index contributed by atoms with van der Waals surface area (Å²) in [6, 6.07) is 3.45. The number of hydrogen-bond acceptors (Lipinski definition) is 8. The number of halogens is 3. The third-order valence-corrected chi connectivity index (χ3v) is 4.76. The van der Waals surface area contributed by atoms with Gasteiger partial charge >= 0.3 is 6.18 Å². The molecule has 0 bridgehead atoms. The van der Waals surface area contributed by atoms with Crippen LogP contribution in [-0.2, 0) is 10.9 Å². The first-order valence-corrected chi connectivity index (χ1v) is 9.46. The van der Waals surface area contributed by atoms with Gasteiger partial charge in [0.25, 0.3) is 0 Å². The molecule has 0 amide bonds. The molecule has 1 aliphatic heterocycles. The van der Waals surface area contributed by atoms with Crippen molar-refractivity contribution in [3.63, 3.8) is 0 Å². The van der Waals surface area contributed by atoms with E-state index >= 15 is 0 Å². The van der Waals surface area contributed by atoms with Gasteiger partial charge < -0.3 is 24.5 Å². The largest absolute Gasteiger partial charge is 0.495 e. The van der Waals surface area contributed by atoms with Gasteiger partial charge in [-0.3, -0.25) is 4.90 Å². The Morgan fingerprint density at radius 3 is 2.68 bits per heavy atom. The number of aromatic nitrogens is 2. The third kappa shape index (κ3) is 4.52. The maximum absolute atomic E-state index is 13.1. The highest BCUT2D eigenvalue weighted by atomic mass is 19.4. The Morgan fingerprint density at radius 2 is 2.00 bits per heavy atom. The number of anilines is 3. The lowest BCUT2D eigenvalue weighted by Gasteiger charge is -2.25. The highest BCUT2D eigenvalue weighted by Crippen LogP contribution is 2.37. The molecule has 1 aromatic carbocycles. The Balaban J connectivity index is 1.62. The Bertz CT molecular complexity index is 1060. The maximum atomic E-state index is 13.1. The highest BCUT2D eigenvalue weighted by molar-refractivity contribution is 5.89. The summed E-state index contributed by atoms with van der Waals surface area (Å²) in [6.45, 7) is 6.06. The fourth-order valence-electron chi connectivity index (χ4n) is 3.21. The first kappa shape index (κ1) is 21.2. The van der Waals surface area contributed by atoms with Gasteiger partial charge in [0.15, 0.2) is 0 Å². The molecule has 0 unspecified atom stereocenters. The molecule has 8 nitrogen and oxygen atoms in total. The summed E-state index contributed by atoms with van der Waals surface area (Å²) in [7, 11) is 2.86. The van der Waals surface area contributed by atoms with E-state index in [1.807, 2.05) is 4.90 Å². The van der Waals surface area contributed by atoms with Gasteiger partial charge in [0, 0.05) is 43.4 Å². The van der Waals surface area contributed by atoms with E-state index in [1.54, 1.807) is 18.4 Å². The molecule has 0 spiro atoms. The van der Waals surface area contributed by atoms with Crippen molar-refractivity contribution in [3.05, 3.63) is 42.3 Å². The van der Waals surface area contributed by atoms with Crippen LogP contribution in [0.15, 0.2) is 29.0 Å². The van der Waals surface area contributed by atoms with Gasteiger partial charge in [-0.15, -0.1) is 0 Å². The number of furan rings is 1. The molecule has 4 rings (SSSR count). The quantitative estimate of drug-likeness (QED) is 0.606. The van der Waals surface area contributed by atoms with E-state index < -0.39 is 11.7 Å². The molecule has 1 saturated heterocycles. The monoisotopic (exact) mass is 435 g/mol. The molecule has 164 valence electrons. The van der Waals surface area contributed by atoms with Crippen molar-refractivity contribution < 1.29 is 27.1 Å². The smallest absolute Gasteiger partial charge is 0.421 e. The zero-order valence-corrected chi connectivity index (χ0v) is 16.8. The van der Waals surface area contributed by atoms with Crippen molar-refractivity contribution in [1.29, 1.82) is 0 Å². The van der Waals surface area contributed by atoms with E-state index in [-0.39, 0.29) is 11.8 Å². The van der Waals surface area contributed by atoms with Gasteiger partial charge in [-0.05, 0) is 6.07 Å². The number of fused-ring (bicyclic) bond motifs is 1. The molecule has 2 radical (unpaired) electrons. The molecule has 2 aromatic heterocycles. The number of rotatable bonds is 6. The first-order valence-electron chi connectivity index (χ1n) is 9.46. The van der Waals surface area contributed by atoms with Gasteiger partial charge in [0.05, 0.1) is 32.3 Å². The molecule has 0 aliphatic carbocycles. The summed E-state index contributed by atoms with van der Waals surface area (Å²) < 4.78 is 55.7. The highest BCUT2D eigenvalue weighted by Gasteiger charge is 2.35. The van der Waals surface area contributed by atoms with Crippen molar-refractivity contribution in [2.24, 2.45) is 0 Å². The van der Waals surface area contributed by atoms with Gasteiger partial charge in [-0.1, -0.05) is 0 Å². The molecule has 0 atom stereocenters. The second-order valence-electron chi connectivity index (χ2n) is 6.74. The van der Waals surface area contributed by atoms with Crippen molar-refractivity contribution in [3.8, 4) is 5.75 Å². The van der Waals surface area contributed by atoms with Gasteiger partial charge in [0.1, 0.15) is 29.3 Å². The van der Waals surface area contributed by atoms with Crippen molar-refractivity contribution in [2.45, 2.75) is 6.18 Å². The third-order valence-electron chi connectivity index (χ3n) is 4.76. The van der Waals surface area contributed by atoms with Crippen LogP contribution in [0.5, 0.6) is 5.75 Å². The number of morpholine rings is 1. The summed E-state index contributed by atoms with van der Waals surface area (Å²) in [5, 5.41) is 6.13. The Hall–Kier alpha value is -3.05. The topological polar surface area (TPSA) is 84.7 Å². The number of benzene rings is 1. The van der Waals surface area contributed by atoms with Crippen molar-refractivity contribution in [1.82, 2.24) is 14.9 Å². The average Bonchev–Trinajstić information content (AvgIpc) is 3.14. The lowest BCUT2D eigenvalue weighted by atomic mass is 10.1. The zero-order valence-electron chi connectivity index (χ0n) is 16.8. The number of nitrogens with one attached hydrogen (secondary N) is 2. The van der Waals surface area contributed by atoms with Gasteiger partial charge in [0.2, 0.25) is 5.95 Å². The van der Waals surface area contributed by atoms with Crippen LogP contribution in [0.3, 0.4) is 0 Å². The van der Waals surface area contributed by atoms with Gasteiger partial charge in [-0.25, -0.2) is 4.98 Å². The summed E-state index contributed by atoms with van der Waals surface area (Å²) in [5.41, 5.74) is 0.821. The molecule has 1 fully saturated rings. The number of nitrogens with zero attached hydrogens (tertiary/aromatic N) is 3.